The van der Waals surface area contributed by atoms with Crippen molar-refractivity contribution in [1.82, 2.24) is 61.2 Å². The molecule has 4 fully saturated rings. The molecule has 16 rings (SSSR count). The summed E-state index contributed by atoms with van der Waals surface area (Å²) in [7, 11) is 1.99. The fourth-order valence-corrected chi connectivity index (χ4v) is 17.2. The first kappa shape index (κ1) is 101. The van der Waals surface area contributed by atoms with Crippen molar-refractivity contribution in [2.24, 2.45) is 7.05 Å². The van der Waals surface area contributed by atoms with Crippen LogP contribution in [0.25, 0.3) is 22.6 Å². The highest BCUT2D eigenvalue weighted by molar-refractivity contribution is 5.64. The molecular formula is C103H154N12O8. The molecule has 12 aromatic rings. The zero-order chi connectivity index (χ0) is 91.1. The van der Waals surface area contributed by atoms with Crippen molar-refractivity contribution >= 4 is 0 Å². The van der Waals surface area contributed by atoms with E-state index in [9.17, 15) is 0 Å². The van der Waals surface area contributed by atoms with Gasteiger partial charge in [0, 0.05) is 104 Å². The summed E-state index contributed by atoms with van der Waals surface area (Å²) in [5, 5.41) is 43.9. The number of H-pyrrole nitrogens is 1. The van der Waals surface area contributed by atoms with Crippen molar-refractivity contribution in [2.45, 2.75) is 395 Å². The predicted octanol–water partition coefficient (Wildman–Crippen LogP) is 29.9. The highest BCUT2D eigenvalue weighted by Gasteiger charge is 2.34. The highest BCUT2D eigenvalue weighted by Crippen LogP contribution is 2.46. The number of hydrogen-bond donors (Lipinski definition) is 1. The molecule has 674 valence electrons. The van der Waals surface area contributed by atoms with Crippen LogP contribution in [0.5, 0.6) is 0 Å². The topological polar surface area (TPSA) is 255 Å². The van der Waals surface area contributed by atoms with E-state index in [0.29, 0.717) is 82.9 Å². The van der Waals surface area contributed by atoms with Crippen molar-refractivity contribution in [3.63, 3.8) is 0 Å². The first-order valence-electron chi connectivity index (χ1n) is 46.0. The summed E-state index contributed by atoms with van der Waals surface area (Å²) in [6.45, 7) is 72.2. The van der Waals surface area contributed by atoms with Gasteiger partial charge in [-0.3, -0.25) is 9.78 Å². The Kier molecular flexibility index (Phi) is 38.5. The number of rotatable bonds is 18. The molecule has 20 nitrogen and oxygen atoms in total. The van der Waals surface area contributed by atoms with Gasteiger partial charge in [0.15, 0.2) is 5.76 Å². The Hall–Kier alpha value is -9.46. The molecule has 20 heteroatoms. The molecule has 4 saturated carbocycles. The number of nitrogens with one attached hydrogen (secondary N) is 1. The van der Waals surface area contributed by atoms with E-state index in [0.717, 1.165) is 104 Å². The Balaban J connectivity index is 0.000000188. The second kappa shape index (κ2) is 47.0. The molecule has 4 aliphatic rings. The summed E-state index contributed by atoms with van der Waals surface area (Å²) in [6, 6.07) is 20.3. The molecule has 10 heterocycles. The van der Waals surface area contributed by atoms with Gasteiger partial charge in [-0.15, -0.1) is 0 Å². The highest BCUT2D eigenvalue weighted by atomic mass is 16.5. The lowest BCUT2D eigenvalue weighted by atomic mass is 9.80. The molecule has 0 unspecified atom stereocenters. The van der Waals surface area contributed by atoms with Gasteiger partial charge in [-0.25, -0.2) is 0 Å². The maximum absolute atomic E-state index is 5.41. The van der Waals surface area contributed by atoms with Crippen LogP contribution < -0.4 is 0 Å². The number of aromatic amines is 1. The monoisotopic (exact) mass is 1690 g/mol. The van der Waals surface area contributed by atoms with Crippen LogP contribution in [0.4, 0.5) is 0 Å². The van der Waals surface area contributed by atoms with Gasteiger partial charge in [0.05, 0.1) is 51.2 Å². The number of nitrogens with zero attached hydrogens (tertiary/aromatic N) is 11. The lowest BCUT2D eigenvalue weighted by Gasteiger charge is -2.24. The second-order valence-corrected chi connectivity index (χ2v) is 37.2. The number of aryl methyl sites for hydroxylation is 14. The minimum Gasteiger partial charge on any atom is -0.361 e. The van der Waals surface area contributed by atoms with E-state index < -0.39 is 0 Å². The van der Waals surface area contributed by atoms with E-state index >= 15 is 0 Å². The fourth-order valence-electron chi connectivity index (χ4n) is 17.2. The molecule has 0 radical (unpaired) electrons. The van der Waals surface area contributed by atoms with Crippen LogP contribution in [0.3, 0.4) is 0 Å². The van der Waals surface area contributed by atoms with Crippen LogP contribution in [-0.2, 0) is 19.9 Å². The van der Waals surface area contributed by atoms with Crippen molar-refractivity contribution < 1.29 is 36.2 Å². The summed E-state index contributed by atoms with van der Waals surface area (Å²) >= 11 is 0. The van der Waals surface area contributed by atoms with Crippen LogP contribution in [0, 0.1) is 83.1 Å². The summed E-state index contributed by atoms with van der Waals surface area (Å²) in [4.78, 5) is 0. The zero-order valence-electron chi connectivity index (χ0n) is 82.0. The molecule has 10 aromatic heterocycles. The van der Waals surface area contributed by atoms with Gasteiger partial charge < -0.3 is 36.2 Å². The van der Waals surface area contributed by atoms with Gasteiger partial charge in [0.25, 0.3) is 0 Å². The van der Waals surface area contributed by atoms with Crippen molar-refractivity contribution in [1.29, 1.82) is 0 Å². The first-order valence-corrected chi connectivity index (χ1v) is 46.0. The third kappa shape index (κ3) is 27.0. The Labute approximate surface area is 737 Å². The molecule has 2 aromatic carbocycles. The van der Waals surface area contributed by atoms with Crippen molar-refractivity contribution in [2.75, 3.05) is 0 Å². The van der Waals surface area contributed by atoms with Crippen LogP contribution >= 0.6 is 0 Å². The maximum atomic E-state index is 5.41. The van der Waals surface area contributed by atoms with Gasteiger partial charge in [-0.1, -0.05) is 267 Å². The third-order valence-corrected chi connectivity index (χ3v) is 23.7. The number of aromatic nitrogens is 12. The smallest absolute Gasteiger partial charge is 0.170 e. The molecule has 123 heavy (non-hydrogen) atoms. The number of benzene rings is 2. The van der Waals surface area contributed by atoms with E-state index in [1.54, 1.807) is 0 Å². The second-order valence-electron chi connectivity index (χ2n) is 37.2. The molecule has 0 saturated heterocycles. The summed E-state index contributed by atoms with van der Waals surface area (Å²) in [5.74, 6) is 16.2. The van der Waals surface area contributed by atoms with E-state index in [2.05, 4.69) is 242 Å². The Morgan fingerprint density at radius 2 is 0.691 bits per heavy atom. The Morgan fingerprint density at radius 1 is 0.325 bits per heavy atom. The fraction of sp³-hybridized carbons (Fsp3) is 0.592. The minimum atomic E-state index is 0.437. The predicted molar refractivity (Wildman–Crippen MR) is 498 cm³/mol. The van der Waals surface area contributed by atoms with E-state index in [-0.39, 0.29) is 0 Å². The first-order chi connectivity index (χ1) is 58.2. The standard InChI is InChI=1S/2C13H15NO.2C11H17NO.2C10H15NO.C10H17NO.C9H16N2.C8H14N2.C8H13NO/c1-9(2)12-10(3)15-14-13(12)11-7-5-4-6-8-11;1-9(2)12-10(3)14-15-13(12)11-7-5-4-6-8-11;1-7(2)10-8(3)13-12-11(10)9-5-4-6-9;1-7(2)10-8(3)12-13-11(10)9-5-4-6-9;1-6(2)9-7(3)12-11-10(9)8-4-5-8;1-6(2)9-7(3)11-12-10(9)8-4-5-8;1-5-8-10(7(3)4)9(6-2)12-11-8;1-6(2)9-7(3)10-11(5)8(9)4;2*1-5(2)8-6(3)9-10-7(8)4/h2*4-9H,1-3H3;2*7,9H,4-6H2,1-3H3;2*6,8H,4-5H2,1-3H3;7H,5-6H2,1-4H3;6H,1-5H3;5H,1-4H3,(H,9,10);5H,1-4H3. The van der Waals surface area contributed by atoms with Gasteiger partial charge in [-0.05, 0) is 211 Å². The maximum Gasteiger partial charge on any atom is 0.170 e. The van der Waals surface area contributed by atoms with Gasteiger partial charge in [0.1, 0.15) is 46.0 Å². The largest absolute Gasteiger partial charge is 0.361 e. The van der Waals surface area contributed by atoms with Gasteiger partial charge in [-0.2, -0.15) is 10.2 Å². The van der Waals surface area contributed by atoms with E-state index in [4.69, 9.17) is 36.2 Å². The van der Waals surface area contributed by atoms with E-state index in [1.807, 2.05) is 123 Å². The zero-order valence-corrected chi connectivity index (χ0v) is 82.0. The van der Waals surface area contributed by atoms with Crippen molar-refractivity contribution in [3.8, 4) is 22.6 Å². The quantitative estimate of drug-likeness (QED) is 0.0837. The molecule has 4 aliphatic carbocycles. The van der Waals surface area contributed by atoms with Crippen LogP contribution in [0.15, 0.2) is 96.8 Å². The Bertz CT molecular complexity index is 4760. The normalized spacial score (nSPS) is 13.7. The average molecular weight is 1690 g/mol. The molecular weight excluding hydrogens is 1530 g/mol. The summed E-state index contributed by atoms with van der Waals surface area (Å²) in [6.07, 6.45) is 15.0. The van der Waals surface area contributed by atoms with Gasteiger partial charge >= 0.3 is 0 Å². The molecule has 0 bridgehead atoms. The van der Waals surface area contributed by atoms with Crippen LogP contribution in [0.2, 0.25) is 0 Å². The summed E-state index contributed by atoms with van der Waals surface area (Å²) in [5.41, 5.74) is 28.9. The average Bonchev–Trinajstić information content (AvgIpc) is 1.65. The SMILES string of the molecule is CCc1noc(CC)c1C(C)C.Cc1n[nH]c(C)c1C(C)C.Cc1nn(C)c(C)c1C(C)C.Cc1noc(-c2ccccc2)c1C(C)C.Cc1noc(C)c1C(C)C.Cc1noc(C2CC2)c1C(C)C.Cc1noc(C2CCC2)c1C(C)C.Cc1onc(-c2ccccc2)c1C(C)C.Cc1onc(C2CC2)c1C(C)C.Cc1onc(C2CCC2)c1C(C)C. The molecule has 0 aliphatic heterocycles. The Morgan fingerprint density at radius 3 is 1.02 bits per heavy atom. The molecule has 1 N–H and O–H groups in total. The lowest BCUT2D eigenvalue weighted by Crippen LogP contribution is -2.11. The van der Waals surface area contributed by atoms with Gasteiger partial charge in [0.2, 0.25) is 0 Å². The van der Waals surface area contributed by atoms with Crippen LogP contribution in [-0.4, -0.2) is 61.2 Å². The third-order valence-electron chi connectivity index (χ3n) is 23.7. The molecule has 0 spiro atoms. The molecule has 0 amide bonds. The summed E-state index contributed by atoms with van der Waals surface area (Å²) < 4.78 is 44.1. The number of hydrogen-bond acceptors (Lipinski definition) is 18. The van der Waals surface area contributed by atoms with Crippen molar-refractivity contribution in [3.05, 3.63) is 219 Å². The van der Waals surface area contributed by atoms with Crippen LogP contribution in [0.1, 0.15) is 458 Å². The molecule has 0 atom stereocenters. The lowest BCUT2D eigenvalue weighted by molar-refractivity contribution is 0.296. The minimum absolute atomic E-state index is 0.437. The van der Waals surface area contributed by atoms with E-state index in [1.165, 1.54) is 154 Å².